The summed E-state index contributed by atoms with van der Waals surface area (Å²) >= 11 is 0. The van der Waals surface area contributed by atoms with E-state index in [1.807, 2.05) is 0 Å². The molecule has 0 spiro atoms. The summed E-state index contributed by atoms with van der Waals surface area (Å²) in [7, 11) is -4.37. The number of hydrogen-bond acceptors (Lipinski definition) is 8. The number of ether oxygens (including phenoxy) is 2. The lowest BCUT2D eigenvalue weighted by molar-refractivity contribution is -0.161. The standard InChI is InChI=1S/C41H80NO8P/c1-3-5-7-9-11-13-15-17-19-20-22-24-26-28-30-32-34-41(44)50-39(38-49-51(45,46)48-36-35-42)37-47-40(43)33-31-29-27-25-23-21-18-16-14-12-10-8-6-4-2/h19-20,39H,3-18,21-38,42H2,1-2H3,(H,45,46)/b20-19-. The summed E-state index contributed by atoms with van der Waals surface area (Å²) in [5.74, 6) is -0.829. The van der Waals surface area contributed by atoms with Crippen molar-refractivity contribution in [3.63, 3.8) is 0 Å². The number of unbranched alkanes of at least 4 members (excludes halogenated alkanes) is 25. The molecule has 10 heteroatoms. The van der Waals surface area contributed by atoms with Crippen molar-refractivity contribution in [2.45, 2.75) is 213 Å². The summed E-state index contributed by atoms with van der Waals surface area (Å²) in [5, 5.41) is 0. The minimum atomic E-state index is -4.37. The number of phosphoric acid groups is 1. The molecule has 2 unspecified atom stereocenters. The second-order valence-corrected chi connectivity index (χ2v) is 15.7. The fourth-order valence-corrected chi connectivity index (χ4v) is 6.75. The van der Waals surface area contributed by atoms with Gasteiger partial charge in [-0.25, -0.2) is 4.57 Å². The van der Waals surface area contributed by atoms with Gasteiger partial charge in [-0.05, 0) is 38.5 Å². The first-order chi connectivity index (χ1) is 24.8. The SMILES string of the molecule is CCCCCCCCC/C=C\CCCCCCCC(=O)OC(COC(=O)CCCCCCCCCCCCCCCC)COP(=O)(O)OCCN. The van der Waals surface area contributed by atoms with E-state index in [9.17, 15) is 19.0 Å². The second-order valence-electron chi connectivity index (χ2n) is 14.2. The van der Waals surface area contributed by atoms with Gasteiger partial charge in [-0.3, -0.25) is 18.6 Å². The Balaban J connectivity index is 4.16. The number of carbonyl (C=O) groups is 2. The van der Waals surface area contributed by atoms with Crippen LogP contribution in [0, 0.1) is 0 Å². The maximum Gasteiger partial charge on any atom is 0.472 e. The van der Waals surface area contributed by atoms with Crippen LogP contribution in [0.25, 0.3) is 0 Å². The molecule has 0 aliphatic rings. The smallest absolute Gasteiger partial charge is 0.462 e. The molecule has 0 rings (SSSR count). The molecule has 0 radical (unpaired) electrons. The molecular weight excluding hydrogens is 665 g/mol. The maximum absolute atomic E-state index is 12.6. The summed E-state index contributed by atoms with van der Waals surface area (Å²) in [6.07, 6.45) is 38.1. The Labute approximate surface area is 313 Å². The van der Waals surface area contributed by atoms with Gasteiger partial charge < -0.3 is 20.1 Å². The van der Waals surface area contributed by atoms with Crippen LogP contribution in [-0.2, 0) is 32.7 Å². The van der Waals surface area contributed by atoms with Crippen LogP contribution in [0.4, 0.5) is 0 Å². The fraction of sp³-hybridized carbons (Fsp3) is 0.902. The van der Waals surface area contributed by atoms with Crippen molar-refractivity contribution in [1.29, 1.82) is 0 Å². The van der Waals surface area contributed by atoms with Gasteiger partial charge in [0.2, 0.25) is 0 Å². The zero-order chi connectivity index (χ0) is 37.5. The highest BCUT2D eigenvalue weighted by Gasteiger charge is 2.26. The molecule has 0 amide bonds. The number of rotatable bonds is 40. The summed E-state index contributed by atoms with van der Waals surface area (Å²) in [5.41, 5.74) is 5.34. The Bertz CT molecular complexity index is 856. The third-order valence-electron chi connectivity index (χ3n) is 9.15. The van der Waals surface area contributed by atoms with Crippen molar-refractivity contribution in [2.75, 3.05) is 26.4 Å². The van der Waals surface area contributed by atoms with Crippen LogP contribution >= 0.6 is 7.82 Å². The van der Waals surface area contributed by atoms with Crippen LogP contribution in [0.5, 0.6) is 0 Å². The van der Waals surface area contributed by atoms with Crippen LogP contribution in [0.2, 0.25) is 0 Å². The lowest BCUT2D eigenvalue weighted by Crippen LogP contribution is -2.29. The van der Waals surface area contributed by atoms with E-state index >= 15 is 0 Å². The Kier molecular flexibility index (Phi) is 37.5. The van der Waals surface area contributed by atoms with Crippen molar-refractivity contribution in [2.24, 2.45) is 5.73 Å². The van der Waals surface area contributed by atoms with Crippen LogP contribution in [0.3, 0.4) is 0 Å². The molecule has 2 atom stereocenters. The normalized spacial score (nSPS) is 13.4. The van der Waals surface area contributed by atoms with Crippen molar-refractivity contribution in [3.05, 3.63) is 12.2 Å². The first kappa shape index (κ1) is 49.8. The molecule has 0 aliphatic heterocycles. The largest absolute Gasteiger partial charge is 0.472 e. The minimum Gasteiger partial charge on any atom is -0.462 e. The van der Waals surface area contributed by atoms with Gasteiger partial charge in [0.15, 0.2) is 6.10 Å². The number of carbonyl (C=O) groups excluding carboxylic acids is 2. The summed E-state index contributed by atoms with van der Waals surface area (Å²) in [6, 6.07) is 0. The molecule has 51 heavy (non-hydrogen) atoms. The molecule has 0 saturated carbocycles. The van der Waals surface area contributed by atoms with Crippen molar-refractivity contribution in [3.8, 4) is 0 Å². The highest BCUT2D eigenvalue weighted by atomic mass is 31.2. The van der Waals surface area contributed by atoms with E-state index in [4.69, 9.17) is 24.3 Å². The van der Waals surface area contributed by atoms with E-state index in [-0.39, 0.29) is 38.6 Å². The second kappa shape index (κ2) is 38.5. The van der Waals surface area contributed by atoms with Gasteiger partial charge in [-0.2, -0.15) is 0 Å². The quantitative estimate of drug-likeness (QED) is 0.0272. The number of nitrogens with two attached hydrogens (primary N) is 1. The molecule has 0 saturated heterocycles. The first-order valence-corrected chi connectivity index (χ1v) is 22.7. The number of allylic oxidation sites excluding steroid dienone is 2. The van der Waals surface area contributed by atoms with Gasteiger partial charge in [-0.15, -0.1) is 0 Å². The molecule has 0 heterocycles. The lowest BCUT2D eigenvalue weighted by Gasteiger charge is -2.19. The van der Waals surface area contributed by atoms with Gasteiger partial charge in [0.05, 0.1) is 13.2 Å². The van der Waals surface area contributed by atoms with Crippen molar-refractivity contribution in [1.82, 2.24) is 0 Å². The lowest BCUT2D eigenvalue weighted by atomic mass is 10.0. The van der Waals surface area contributed by atoms with E-state index in [1.54, 1.807) is 0 Å². The molecule has 0 aromatic carbocycles. The topological polar surface area (TPSA) is 134 Å². The third-order valence-corrected chi connectivity index (χ3v) is 10.1. The zero-order valence-corrected chi connectivity index (χ0v) is 34.0. The van der Waals surface area contributed by atoms with Crippen LogP contribution in [-0.4, -0.2) is 49.3 Å². The Hall–Kier alpha value is -1.25. The van der Waals surface area contributed by atoms with Crippen molar-refractivity contribution >= 4 is 19.8 Å². The Morgan fingerprint density at radius 3 is 1.39 bits per heavy atom. The molecule has 0 bridgehead atoms. The van der Waals surface area contributed by atoms with E-state index in [1.165, 1.54) is 122 Å². The average Bonchev–Trinajstić information content (AvgIpc) is 3.11. The van der Waals surface area contributed by atoms with E-state index in [0.29, 0.717) is 6.42 Å². The molecule has 3 N–H and O–H groups in total. The Morgan fingerprint density at radius 2 is 0.961 bits per heavy atom. The Morgan fingerprint density at radius 1 is 0.569 bits per heavy atom. The van der Waals surface area contributed by atoms with Crippen molar-refractivity contribution < 1.29 is 37.6 Å². The van der Waals surface area contributed by atoms with E-state index in [2.05, 4.69) is 26.0 Å². The molecular formula is C41H80NO8P. The van der Waals surface area contributed by atoms with Crippen LogP contribution in [0.1, 0.15) is 206 Å². The summed E-state index contributed by atoms with van der Waals surface area (Å²) < 4.78 is 32.7. The van der Waals surface area contributed by atoms with Gasteiger partial charge in [-0.1, -0.05) is 167 Å². The molecule has 0 fully saturated rings. The molecule has 0 aromatic heterocycles. The third kappa shape index (κ3) is 38.3. The predicted molar refractivity (Wildman–Crippen MR) is 211 cm³/mol. The molecule has 0 aliphatic carbocycles. The maximum atomic E-state index is 12.6. The number of hydrogen-bond donors (Lipinski definition) is 2. The number of esters is 2. The number of phosphoric ester groups is 1. The summed E-state index contributed by atoms with van der Waals surface area (Å²) in [6.45, 7) is 3.74. The molecule has 9 nitrogen and oxygen atoms in total. The highest BCUT2D eigenvalue weighted by Crippen LogP contribution is 2.43. The average molecular weight is 746 g/mol. The van der Waals surface area contributed by atoms with Crippen LogP contribution in [0.15, 0.2) is 12.2 Å². The van der Waals surface area contributed by atoms with Crippen LogP contribution < -0.4 is 5.73 Å². The van der Waals surface area contributed by atoms with Gasteiger partial charge in [0, 0.05) is 19.4 Å². The van der Waals surface area contributed by atoms with E-state index < -0.39 is 26.5 Å². The summed E-state index contributed by atoms with van der Waals surface area (Å²) in [4.78, 5) is 34.8. The predicted octanol–water partition coefficient (Wildman–Crippen LogP) is 11.8. The first-order valence-electron chi connectivity index (χ1n) is 21.2. The highest BCUT2D eigenvalue weighted by molar-refractivity contribution is 7.47. The molecule has 302 valence electrons. The monoisotopic (exact) mass is 746 g/mol. The minimum absolute atomic E-state index is 0.0548. The fourth-order valence-electron chi connectivity index (χ4n) is 5.98. The zero-order valence-electron chi connectivity index (χ0n) is 33.1. The van der Waals surface area contributed by atoms with Gasteiger partial charge >= 0.3 is 19.8 Å². The molecule has 0 aromatic rings. The van der Waals surface area contributed by atoms with E-state index in [0.717, 1.165) is 51.4 Å². The van der Waals surface area contributed by atoms with Gasteiger partial charge in [0.1, 0.15) is 6.61 Å². The van der Waals surface area contributed by atoms with Gasteiger partial charge in [0.25, 0.3) is 0 Å².